The fourth-order valence-electron chi connectivity index (χ4n) is 2.40. The third-order valence-electron chi connectivity index (χ3n) is 3.23. The summed E-state index contributed by atoms with van der Waals surface area (Å²) in [6.45, 7) is 2.02. The van der Waals surface area contributed by atoms with E-state index in [1.807, 2.05) is 6.92 Å². The molecule has 2 aliphatic rings. The van der Waals surface area contributed by atoms with E-state index in [0.717, 1.165) is 12.3 Å². The summed E-state index contributed by atoms with van der Waals surface area (Å²) in [6, 6.07) is 0. The van der Waals surface area contributed by atoms with Gasteiger partial charge in [-0.3, -0.25) is 0 Å². The van der Waals surface area contributed by atoms with Gasteiger partial charge in [-0.2, -0.15) is 0 Å². The van der Waals surface area contributed by atoms with Crippen molar-refractivity contribution in [2.24, 2.45) is 11.8 Å². The van der Waals surface area contributed by atoms with Gasteiger partial charge in [0.2, 0.25) is 0 Å². The molecule has 0 saturated heterocycles. The summed E-state index contributed by atoms with van der Waals surface area (Å²) in [6.07, 6.45) is 6.29. The molecule has 2 rings (SSSR count). The van der Waals surface area contributed by atoms with Gasteiger partial charge in [-0.1, -0.05) is 19.3 Å². The maximum Gasteiger partial charge on any atom is 0.0650 e. The van der Waals surface area contributed by atoms with Crippen molar-refractivity contribution in [2.45, 2.75) is 44.6 Å². The molecule has 0 heterocycles. The molecule has 2 fully saturated rings. The van der Waals surface area contributed by atoms with Crippen LogP contribution in [-0.2, 0) is 0 Å². The van der Waals surface area contributed by atoms with E-state index in [1.54, 1.807) is 0 Å². The monoisotopic (exact) mass is 140 g/mol. The highest BCUT2D eigenvalue weighted by atomic mass is 16.3. The van der Waals surface area contributed by atoms with Crippen molar-refractivity contribution in [3.8, 4) is 0 Å². The van der Waals surface area contributed by atoms with Gasteiger partial charge < -0.3 is 5.11 Å². The lowest BCUT2D eigenvalue weighted by Gasteiger charge is -2.21. The van der Waals surface area contributed by atoms with Crippen molar-refractivity contribution < 1.29 is 5.11 Å². The Bertz CT molecular complexity index is 140. The molecule has 3 atom stereocenters. The Balaban J connectivity index is 2.06. The second kappa shape index (κ2) is 1.97. The third kappa shape index (κ3) is 0.968. The maximum atomic E-state index is 9.86. The minimum atomic E-state index is -0.304. The van der Waals surface area contributed by atoms with Gasteiger partial charge in [-0.05, 0) is 31.6 Å². The Hall–Kier alpha value is -0.0400. The van der Waals surface area contributed by atoms with Crippen LogP contribution in [0.3, 0.4) is 0 Å². The molecule has 0 aliphatic heterocycles. The average Bonchev–Trinajstić information content (AvgIpc) is 2.56. The molecular formula is C9H16O. The zero-order valence-electron chi connectivity index (χ0n) is 6.64. The summed E-state index contributed by atoms with van der Waals surface area (Å²) in [5.74, 6) is 1.55. The van der Waals surface area contributed by atoms with Gasteiger partial charge in [0.1, 0.15) is 0 Å². The highest BCUT2D eigenvalue weighted by molar-refractivity contribution is 5.00. The van der Waals surface area contributed by atoms with Gasteiger partial charge in [0, 0.05) is 0 Å². The van der Waals surface area contributed by atoms with Crippen LogP contribution in [0.2, 0.25) is 0 Å². The Morgan fingerprint density at radius 1 is 1.40 bits per heavy atom. The van der Waals surface area contributed by atoms with Crippen molar-refractivity contribution in [3.05, 3.63) is 0 Å². The summed E-state index contributed by atoms with van der Waals surface area (Å²) in [7, 11) is 0. The molecule has 0 aromatic heterocycles. The third-order valence-corrected chi connectivity index (χ3v) is 3.23. The van der Waals surface area contributed by atoms with Gasteiger partial charge in [0.25, 0.3) is 0 Å². The van der Waals surface area contributed by atoms with Crippen LogP contribution in [-0.4, -0.2) is 10.7 Å². The smallest absolute Gasteiger partial charge is 0.0650 e. The SMILES string of the molecule is C[C@@]1(O)CCCC[C@H]2C[C@H]21. The van der Waals surface area contributed by atoms with Crippen molar-refractivity contribution in [3.63, 3.8) is 0 Å². The lowest BCUT2D eigenvalue weighted by Crippen LogP contribution is -2.26. The average molecular weight is 140 g/mol. The van der Waals surface area contributed by atoms with Crippen LogP contribution >= 0.6 is 0 Å². The van der Waals surface area contributed by atoms with Crippen LogP contribution in [0.25, 0.3) is 0 Å². The molecule has 1 heteroatoms. The predicted octanol–water partition coefficient (Wildman–Crippen LogP) is 1.95. The van der Waals surface area contributed by atoms with E-state index in [2.05, 4.69) is 0 Å². The molecule has 0 bridgehead atoms. The molecule has 2 saturated carbocycles. The first-order valence-electron chi connectivity index (χ1n) is 4.42. The van der Waals surface area contributed by atoms with E-state index in [1.165, 1.54) is 25.7 Å². The number of rotatable bonds is 0. The lowest BCUT2D eigenvalue weighted by atomic mass is 9.95. The van der Waals surface area contributed by atoms with Gasteiger partial charge in [0.15, 0.2) is 0 Å². The Labute approximate surface area is 62.4 Å². The predicted molar refractivity (Wildman–Crippen MR) is 40.7 cm³/mol. The molecule has 10 heavy (non-hydrogen) atoms. The summed E-state index contributed by atoms with van der Waals surface area (Å²) >= 11 is 0. The Kier molecular flexibility index (Phi) is 1.31. The molecule has 0 unspecified atom stereocenters. The molecule has 0 amide bonds. The fourth-order valence-corrected chi connectivity index (χ4v) is 2.40. The van der Waals surface area contributed by atoms with Gasteiger partial charge in [-0.25, -0.2) is 0 Å². The van der Waals surface area contributed by atoms with E-state index in [0.29, 0.717) is 5.92 Å². The van der Waals surface area contributed by atoms with Gasteiger partial charge >= 0.3 is 0 Å². The summed E-state index contributed by atoms with van der Waals surface area (Å²) in [4.78, 5) is 0. The van der Waals surface area contributed by atoms with Crippen molar-refractivity contribution in [1.82, 2.24) is 0 Å². The second-order valence-corrected chi connectivity index (χ2v) is 4.21. The minimum Gasteiger partial charge on any atom is -0.390 e. The number of fused-ring (bicyclic) bond motifs is 1. The molecule has 1 N–H and O–H groups in total. The number of hydrogen-bond acceptors (Lipinski definition) is 1. The molecule has 0 aromatic carbocycles. The first-order valence-corrected chi connectivity index (χ1v) is 4.42. The van der Waals surface area contributed by atoms with E-state index in [-0.39, 0.29) is 5.60 Å². The van der Waals surface area contributed by atoms with E-state index >= 15 is 0 Å². The van der Waals surface area contributed by atoms with E-state index < -0.39 is 0 Å². The van der Waals surface area contributed by atoms with Crippen LogP contribution in [0.4, 0.5) is 0 Å². The summed E-state index contributed by atoms with van der Waals surface area (Å²) < 4.78 is 0. The largest absolute Gasteiger partial charge is 0.390 e. The van der Waals surface area contributed by atoms with Crippen LogP contribution < -0.4 is 0 Å². The zero-order valence-corrected chi connectivity index (χ0v) is 6.64. The second-order valence-electron chi connectivity index (χ2n) is 4.21. The summed E-state index contributed by atoms with van der Waals surface area (Å²) in [5, 5.41) is 9.86. The molecule has 0 radical (unpaired) electrons. The quantitative estimate of drug-likeness (QED) is 0.545. The van der Waals surface area contributed by atoms with Crippen molar-refractivity contribution >= 4 is 0 Å². The first kappa shape index (κ1) is 6.66. The highest BCUT2D eigenvalue weighted by Crippen LogP contribution is 2.52. The van der Waals surface area contributed by atoms with Crippen LogP contribution in [0, 0.1) is 11.8 Å². The topological polar surface area (TPSA) is 20.2 Å². The number of aliphatic hydroxyl groups is 1. The standard InChI is InChI=1S/C9H16O/c1-9(10)5-3-2-4-7-6-8(7)9/h7-8,10H,2-6H2,1H3/t7-,8+,9+/m0/s1. The Morgan fingerprint density at radius 2 is 2.20 bits per heavy atom. The molecule has 0 spiro atoms. The Morgan fingerprint density at radius 3 is 3.00 bits per heavy atom. The van der Waals surface area contributed by atoms with E-state index in [9.17, 15) is 5.11 Å². The molecule has 58 valence electrons. The maximum absolute atomic E-state index is 9.86. The normalized spacial score (nSPS) is 53.4. The molecule has 1 nitrogen and oxygen atoms in total. The first-order chi connectivity index (χ1) is 4.70. The highest BCUT2D eigenvalue weighted by Gasteiger charge is 2.49. The van der Waals surface area contributed by atoms with Gasteiger partial charge in [-0.15, -0.1) is 0 Å². The van der Waals surface area contributed by atoms with Crippen LogP contribution in [0.15, 0.2) is 0 Å². The molecule has 0 aromatic rings. The van der Waals surface area contributed by atoms with Crippen molar-refractivity contribution in [1.29, 1.82) is 0 Å². The van der Waals surface area contributed by atoms with Crippen LogP contribution in [0.1, 0.15) is 39.0 Å². The number of hydrogen-bond donors (Lipinski definition) is 1. The van der Waals surface area contributed by atoms with Crippen LogP contribution in [0.5, 0.6) is 0 Å². The lowest BCUT2D eigenvalue weighted by molar-refractivity contribution is 0.0260. The zero-order chi connectivity index (χ0) is 7.19. The van der Waals surface area contributed by atoms with E-state index in [4.69, 9.17) is 0 Å². The molecular weight excluding hydrogens is 124 g/mol. The fraction of sp³-hybridized carbons (Fsp3) is 1.00. The molecule has 2 aliphatic carbocycles. The van der Waals surface area contributed by atoms with Crippen molar-refractivity contribution in [2.75, 3.05) is 0 Å². The minimum absolute atomic E-state index is 0.304. The van der Waals surface area contributed by atoms with Gasteiger partial charge in [0.05, 0.1) is 5.60 Å². The summed E-state index contributed by atoms with van der Waals surface area (Å²) in [5.41, 5.74) is -0.304.